The summed E-state index contributed by atoms with van der Waals surface area (Å²) in [6.45, 7) is 9.75. The Morgan fingerprint density at radius 1 is 0.231 bits per heavy atom. The first-order chi connectivity index (χ1) is 56.6. The first-order valence-electron chi connectivity index (χ1n) is 48.1. The number of hydrogen-bond donors (Lipinski definition) is 0. The van der Waals surface area contributed by atoms with Crippen LogP contribution in [0.3, 0.4) is 0 Å². The molecule has 0 fully saturated rings. The summed E-state index contributed by atoms with van der Waals surface area (Å²) in [4.78, 5) is 50.6. The van der Waals surface area contributed by atoms with Crippen LogP contribution in [0.1, 0.15) is 506 Å². The molecule has 668 valence electrons. The van der Waals surface area contributed by atoms with Crippen molar-refractivity contribution in [2.45, 2.75) is 474 Å². The number of benzene rings is 2. The molecule has 17 heteroatoms. The van der Waals surface area contributed by atoms with Crippen molar-refractivity contribution in [3.05, 3.63) is 107 Å². The summed E-state index contributed by atoms with van der Waals surface area (Å²) in [5.74, 6) is -3.12. The quantitative estimate of drug-likeness (QED) is 0.0150. The minimum absolute atomic E-state index is 0. The summed E-state index contributed by atoms with van der Waals surface area (Å²) < 4.78 is 91.7. The van der Waals surface area contributed by atoms with E-state index in [1.165, 1.54) is 295 Å². The monoisotopic (exact) mass is 1700 g/mol. The maximum absolute atomic E-state index is 13.0. The van der Waals surface area contributed by atoms with E-state index in [9.17, 15) is 45.1 Å². The molecule has 0 saturated carbocycles. The molecule has 2 aromatic rings. The van der Waals surface area contributed by atoms with Crippen LogP contribution in [0.2, 0.25) is 0 Å². The van der Waals surface area contributed by atoms with Gasteiger partial charge in [-0.05, 0) is 165 Å². The first kappa shape index (κ1) is 113. The van der Waals surface area contributed by atoms with Gasteiger partial charge in [-0.3, -0.25) is 0 Å². The average Bonchev–Trinajstić information content (AvgIpc) is 0.814. The molecule has 0 aromatic heterocycles. The number of allylic oxidation sites excluding steroid dienone is 8. The summed E-state index contributed by atoms with van der Waals surface area (Å²) >= 11 is 0. The van der Waals surface area contributed by atoms with Crippen molar-refractivity contribution < 1.29 is 64.1 Å². The molecule has 0 aliphatic rings. The van der Waals surface area contributed by atoms with Crippen molar-refractivity contribution in [2.75, 3.05) is 26.4 Å². The van der Waals surface area contributed by atoms with Crippen LogP contribution in [-0.2, 0) is 39.2 Å². The minimum atomic E-state index is -4.82. The maximum atomic E-state index is 13.0. The number of hydrogen-bond acceptors (Lipinski definition) is 14. The molecule has 2 aromatic carbocycles. The van der Waals surface area contributed by atoms with E-state index in [1.807, 2.05) is 0 Å². The Morgan fingerprint density at radius 3 is 0.538 bits per heavy atom. The molecule has 0 unspecified atom stereocenters. The smallest absolute Gasteiger partial charge is 0.744 e. The van der Waals surface area contributed by atoms with Crippen LogP contribution >= 0.6 is 0 Å². The number of rotatable bonds is 82. The first-order valence-corrected chi connectivity index (χ1v) is 50.9. The van der Waals surface area contributed by atoms with Gasteiger partial charge in [-0.1, -0.05) is 385 Å². The van der Waals surface area contributed by atoms with Gasteiger partial charge in [-0.15, -0.1) is 0 Å². The van der Waals surface area contributed by atoms with Gasteiger partial charge in [0.1, 0.15) is 20.2 Å². The fraction of sp³-hybridized carbons (Fsp3) is 0.760. The van der Waals surface area contributed by atoms with Crippen LogP contribution in [0.4, 0.5) is 0 Å². The van der Waals surface area contributed by atoms with Crippen molar-refractivity contribution in [2.24, 2.45) is 0 Å². The summed E-state index contributed by atoms with van der Waals surface area (Å²) in [5, 5.41) is 0. The predicted octanol–water partition coefficient (Wildman–Crippen LogP) is 30.3. The van der Waals surface area contributed by atoms with Gasteiger partial charge < -0.3 is 28.1 Å². The van der Waals surface area contributed by atoms with Crippen LogP contribution in [0.15, 0.2) is 94.8 Å². The molecule has 0 N–H and O–H groups in total. The number of esters is 4. The Labute approximate surface area is 747 Å². The number of carbonyl (C=O) groups excluding carboxylic acids is 4. The van der Waals surface area contributed by atoms with Crippen LogP contribution in [0, 0.1) is 0 Å². The fourth-order valence-corrected chi connectivity index (χ4v) is 15.5. The van der Waals surface area contributed by atoms with Gasteiger partial charge in [0.2, 0.25) is 0 Å². The number of ether oxygens (including phenoxy) is 4. The van der Waals surface area contributed by atoms with Crippen LogP contribution in [-0.4, -0.2) is 114 Å². The molecule has 0 bridgehead atoms. The largest absolute Gasteiger partial charge is 2.00 e. The van der Waals surface area contributed by atoms with Crippen molar-refractivity contribution in [1.82, 2.24) is 0 Å². The molecule has 0 spiro atoms. The van der Waals surface area contributed by atoms with E-state index in [0.717, 1.165) is 153 Å². The van der Waals surface area contributed by atoms with Crippen LogP contribution < -0.4 is 0 Å². The number of unbranched alkanes of at least 4 members (excludes halogenated alkanes) is 60. The normalized spacial score (nSPS) is 11.8. The third-order valence-electron chi connectivity index (χ3n) is 22.0. The van der Waals surface area contributed by atoms with E-state index in [2.05, 4.69) is 76.3 Å². The standard InChI is InChI=1S/2C50H86O7S.Ca/c2*1-3-5-7-9-11-13-15-17-19-21-23-25-27-29-31-33-35-37-39-43-56-49(51)47-42-41-46(58(53,54)55)45-48(47)50(52)57-44-40-38-36-34-32-30-28-26-24-22-20-18-16-14-12-10-8-6-4-2;/h2*25-28,41-42,45H,3-24,29-40,43-44H2,1-2H3,(H,53,54,55);/q;;+2/p-2/b2*27-25+,28-26+;. The molecule has 0 saturated heterocycles. The second-order valence-electron chi connectivity index (χ2n) is 32.9. The second-order valence-corrected chi connectivity index (χ2v) is 35.6. The average molecular weight is 1700 g/mol. The Morgan fingerprint density at radius 2 is 0.376 bits per heavy atom. The van der Waals surface area contributed by atoms with E-state index in [1.54, 1.807) is 0 Å². The second kappa shape index (κ2) is 84.6. The van der Waals surface area contributed by atoms with E-state index >= 15 is 0 Å². The van der Waals surface area contributed by atoms with E-state index in [0.29, 0.717) is 25.7 Å². The fourth-order valence-electron chi connectivity index (χ4n) is 14.5. The van der Waals surface area contributed by atoms with Gasteiger partial charge in [0.15, 0.2) is 0 Å². The molecule has 14 nitrogen and oxygen atoms in total. The summed E-state index contributed by atoms with van der Waals surface area (Å²) in [5.41, 5.74) is -0.702. The van der Waals surface area contributed by atoms with Crippen molar-refractivity contribution >= 4 is 81.9 Å². The molecular formula is C100H170CaO14S2. The van der Waals surface area contributed by atoms with E-state index in [-0.39, 0.29) is 86.4 Å². The molecular weight excluding hydrogens is 1530 g/mol. The van der Waals surface area contributed by atoms with Crippen molar-refractivity contribution in [3.63, 3.8) is 0 Å². The molecule has 2 rings (SSSR count). The van der Waals surface area contributed by atoms with Crippen LogP contribution in [0.5, 0.6) is 0 Å². The zero-order valence-electron chi connectivity index (χ0n) is 75.2. The zero-order valence-corrected chi connectivity index (χ0v) is 79.1. The van der Waals surface area contributed by atoms with Gasteiger partial charge in [0, 0.05) is 0 Å². The van der Waals surface area contributed by atoms with Gasteiger partial charge >= 0.3 is 61.6 Å². The SMILES string of the molecule is CCCCCCCCCCCC/C=C/CCCCCCCOC(=O)c1ccc(S(=O)(=O)[O-])cc1C(=O)OCCCCCCC/C=C/CCCCCCCCCCCC.CCCCCCCCCCCC/C=C/CCCCCCCOC(=O)c1ccc(S(=O)(=O)[O-])cc1C(=O)OCCCCCCC/C=C/CCCCCCCCCCCC.[Ca+2]. The minimum Gasteiger partial charge on any atom is -0.744 e. The summed E-state index contributed by atoms with van der Waals surface area (Å²) in [6.07, 6.45) is 102. The topological polar surface area (TPSA) is 220 Å². The van der Waals surface area contributed by atoms with Crippen LogP contribution in [0.25, 0.3) is 0 Å². The summed E-state index contributed by atoms with van der Waals surface area (Å²) in [6, 6.07) is 6.26. The van der Waals surface area contributed by atoms with Gasteiger partial charge in [-0.2, -0.15) is 0 Å². The Hall–Kier alpha value is -3.64. The maximum Gasteiger partial charge on any atom is 2.00 e. The molecule has 0 aliphatic heterocycles. The molecule has 117 heavy (non-hydrogen) atoms. The predicted molar refractivity (Wildman–Crippen MR) is 489 cm³/mol. The van der Waals surface area contributed by atoms with E-state index < -0.39 is 53.9 Å². The third-order valence-corrected chi connectivity index (χ3v) is 23.7. The number of carbonyl (C=O) groups is 4. The Balaban J connectivity index is 0.00000228. The summed E-state index contributed by atoms with van der Waals surface area (Å²) in [7, 11) is -9.65. The van der Waals surface area contributed by atoms with Crippen molar-refractivity contribution in [1.29, 1.82) is 0 Å². The van der Waals surface area contributed by atoms with Gasteiger partial charge in [0.05, 0.1) is 58.5 Å². The van der Waals surface area contributed by atoms with Gasteiger partial charge in [-0.25, -0.2) is 36.0 Å². The zero-order chi connectivity index (χ0) is 84.4. The molecule has 0 atom stereocenters. The molecule has 0 amide bonds. The molecule has 0 radical (unpaired) electrons. The molecule has 0 heterocycles. The Bertz CT molecular complexity index is 2810. The third kappa shape index (κ3) is 71.5. The Kier molecular flexibility index (Phi) is 81.9. The molecule has 0 aliphatic carbocycles. The van der Waals surface area contributed by atoms with Gasteiger partial charge in [0.25, 0.3) is 0 Å². The van der Waals surface area contributed by atoms with E-state index in [4.69, 9.17) is 18.9 Å². The van der Waals surface area contributed by atoms with Crippen molar-refractivity contribution in [3.8, 4) is 0 Å².